The zero-order valence-electron chi connectivity index (χ0n) is 10.1. The van der Waals surface area contributed by atoms with Gasteiger partial charge in [-0.05, 0) is 0 Å². The van der Waals surface area contributed by atoms with Crippen molar-refractivity contribution >= 4 is 42.1 Å². The first-order chi connectivity index (χ1) is 7.98. The molecule has 1 aromatic rings. The second kappa shape index (κ2) is 7.33. The van der Waals surface area contributed by atoms with E-state index < -0.39 is 24.9 Å². The van der Waals surface area contributed by atoms with Crippen molar-refractivity contribution in [2.75, 3.05) is 13.6 Å². The van der Waals surface area contributed by atoms with E-state index >= 15 is 0 Å². The number of halogens is 4. The number of likely N-dealkylation sites (N-methyl/N-ethyl adjacent to an activating group) is 1. The van der Waals surface area contributed by atoms with E-state index in [0.29, 0.717) is 6.54 Å². The smallest absolute Gasteiger partial charge is 0.262 e. The minimum absolute atomic E-state index is 0. The largest absolute Gasteiger partial charge is 0.338 e. The first-order valence-corrected chi connectivity index (χ1v) is 6.15. The van der Waals surface area contributed by atoms with Crippen molar-refractivity contribution in [1.29, 1.82) is 0 Å². The molecule has 0 saturated carbocycles. The summed E-state index contributed by atoms with van der Waals surface area (Å²) in [7, 11) is 1.60. The number of nitrogens with one attached hydrogen (secondary N) is 1. The van der Waals surface area contributed by atoms with Crippen LogP contribution in [0.25, 0.3) is 0 Å². The number of rotatable bonds is 3. The highest BCUT2D eigenvalue weighted by molar-refractivity contribution is 7.07. The van der Waals surface area contributed by atoms with Crippen molar-refractivity contribution in [2.24, 2.45) is 0 Å². The second-order valence-electron chi connectivity index (χ2n) is 4.17. The predicted octanol–water partition coefficient (Wildman–Crippen LogP) is 1.94. The number of carbonyl (C=O) groups excluding carboxylic acids is 1. The van der Waals surface area contributed by atoms with E-state index in [9.17, 15) is 13.6 Å². The minimum Gasteiger partial charge on any atom is -0.338 e. The number of carbonyl (C=O) groups is 1. The lowest BCUT2D eigenvalue weighted by molar-refractivity contribution is -0.133. The van der Waals surface area contributed by atoms with Gasteiger partial charge in [0.15, 0.2) is 0 Å². The molecule has 0 radical (unpaired) electrons. The van der Waals surface area contributed by atoms with Gasteiger partial charge in [-0.25, -0.2) is 13.8 Å². The molecule has 2 heterocycles. The summed E-state index contributed by atoms with van der Waals surface area (Å²) in [5.41, 5.74) is 2.45. The van der Waals surface area contributed by atoms with Crippen molar-refractivity contribution in [1.82, 2.24) is 15.2 Å². The van der Waals surface area contributed by atoms with Gasteiger partial charge in [0.25, 0.3) is 5.92 Å². The Morgan fingerprint density at radius 1 is 1.63 bits per heavy atom. The maximum absolute atomic E-state index is 13.0. The Morgan fingerprint density at radius 2 is 2.32 bits per heavy atom. The first kappa shape index (κ1) is 18.5. The molecule has 1 aliphatic heterocycles. The topological polar surface area (TPSA) is 45.2 Å². The number of hydrogen-bond acceptors (Lipinski definition) is 4. The van der Waals surface area contributed by atoms with E-state index in [-0.39, 0.29) is 30.7 Å². The van der Waals surface area contributed by atoms with Crippen LogP contribution in [0, 0.1) is 0 Å². The van der Waals surface area contributed by atoms with Crippen LogP contribution in [0.4, 0.5) is 8.78 Å². The molecule has 1 N–H and O–H groups in total. The zero-order chi connectivity index (χ0) is 12.5. The van der Waals surface area contributed by atoms with Crippen molar-refractivity contribution in [3.8, 4) is 0 Å². The van der Waals surface area contributed by atoms with E-state index in [2.05, 4.69) is 10.3 Å². The monoisotopic (exact) mass is 333 g/mol. The molecule has 1 amide bonds. The van der Waals surface area contributed by atoms with Crippen LogP contribution in [0.1, 0.15) is 12.1 Å². The summed E-state index contributed by atoms with van der Waals surface area (Å²) in [6.07, 6.45) is -0.423. The van der Waals surface area contributed by atoms with Crippen LogP contribution in [0.3, 0.4) is 0 Å². The first-order valence-electron chi connectivity index (χ1n) is 5.21. The lowest BCUT2D eigenvalue weighted by Gasteiger charge is -2.20. The summed E-state index contributed by atoms with van der Waals surface area (Å²) in [5.74, 6) is -3.09. The molecule has 0 bridgehead atoms. The van der Waals surface area contributed by atoms with Crippen LogP contribution in [0.2, 0.25) is 0 Å². The highest BCUT2D eigenvalue weighted by atomic mass is 35.5. The standard InChI is InChI=1S/C10H13F2N3OS.2ClH/c1-15(3-7-4-17-6-14-7)9(16)8-2-10(11,12)5-13-8;;/h4,6,8,13H,2-3,5H2,1H3;2*1H. The van der Waals surface area contributed by atoms with E-state index in [4.69, 9.17) is 0 Å². The Hall–Kier alpha value is -0.500. The summed E-state index contributed by atoms with van der Waals surface area (Å²) in [5, 5.41) is 4.38. The van der Waals surface area contributed by atoms with Crippen LogP contribution >= 0.6 is 36.2 Å². The summed E-state index contributed by atoms with van der Waals surface area (Å²) in [4.78, 5) is 17.3. The van der Waals surface area contributed by atoms with Gasteiger partial charge in [0.1, 0.15) is 0 Å². The Labute approximate surface area is 126 Å². The van der Waals surface area contributed by atoms with Gasteiger partial charge in [-0.2, -0.15) is 0 Å². The van der Waals surface area contributed by atoms with Crippen molar-refractivity contribution in [3.63, 3.8) is 0 Å². The zero-order valence-corrected chi connectivity index (χ0v) is 12.6. The lowest BCUT2D eigenvalue weighted by atomic mass is 10.1. The average Bonchev–Trinajstić information content (AvgIpc) is 2.86. The van der Waals surface area contributed by atoms with Gasteiger partial charge in [0, 0.05) is 18.8 Å². The Balaban J connectivity index is 0.00000162. The molecule has 2 rings (SSSR count). The molecule has 0 spiro atoms. The van der Waals surface area contributed by atoms with Gasteiger partial charge < -0.3 is 4.90 Å². The fourth-order valence-electron chi connectivity index (χ4n) is 1.79. The van der Waals surface area contributed by atoms with Crippen LogP contribution in [0.5, 0.6) is 0 Å². The van der Waals surface area contributed by atoms with Gasteiger partial charge in [0.2, 0.25) is 5.91 Å². The minimum atomic E-state index is -2.78. The molecule has 1 fully saturated rings. The molecule has 1 aliphatic rings. The van der Waals surface area contributed by atoms with Gasteiger partial charge in [-0.3, -0.25) is 10.1 Å². The maximum atomic E-state index is 13.0. The number of hydrogen-bond donors (Lipinski definition) is 1. The van der Waals surface area contributed by atoms with Gasteiger partial charge in [-0.15, -0.1) is 36.2 Å². The predicted molar refractivity (Wildman–Crippen MR) is 74.4 cm³/mol. The van der Waals surface area contributed by atoms with Crippen LogP contribution in [-0.2, 0) is 11.3 Å². The molecular weight excluding hydrogens is 319 g/mol. The van der Waals surface area contributed by atoms with E-state index in [1.807, 2.05) is 5.38 Å². The second-order valence-corrected chi connectivity index (χ2v) is 4.89. The third kappa shape index (κ3) is 4.83. The van der Waals surface area contributed by atoms with Gasteiger partial charge in [0.05, 0.1) is 30.3 Å². The average molecular weight is 334 g/mol. The molecule has 0 aromatic carbocycles. The number of aromatic nitrogens is 1. The van der Waals surface area contributed by atoms with Crippen molar-refractivity contribution < 1.29 is 13.6 Å². The highest BCUT2D eigenvalue weighted by Crippen LogP contribution is 2.26. The van der Waals surface area contributed by atoms with Crippen LogP contribution in [-0.4, -0.2) is 41.3 Å². The number of amides is 1. The molecule has 1 unspecified atom stereocenters. The van der Waals surface area contributed by atoms with Crippen LogP contribution in [0.15, 0.2) is 10.9 Å². The highest BCUT2D eigenvalue weighted by Gasteiger charge is 2.43. The van der Waals surface area contributed by atoms with Gasteiger partial charge in [-0.1, -0.05) is 0 Å². The number of nitrogens with zero attached hydrogens (tertiary/aromatic N) is 2. The molecule has 1 atom stereocenters. The number of alkyl halides is 2. The molecule has 9 heteroatoms. The SMILES string of the molecule is CN(Cc1cscn1)C(=O)C1CC(F)(F)CN1.Cl.Cl. The fraction of sp³-hybridized carbons (Fsp3) is 0.600. The van der Waals surface area contributed by atoms with Gasteiger partial charge >= 0.3 is 0 Å². The van der Waals surface area contributed by atoms with E-state index in [0.717, 1.165) is 5.69 Å². The fourth-order valence-corrected chi connectivity index (χ4v) is 2.34. The Bertz CT molecular complexity index is 405. The third-order valence-electron chi connectivity index (χ3n) is 2.67. The van der Waals surface area contributed by atoms with E-state index in [1.54, 1.807) is 12.6 Å². The molecule has 1 aromatic heterocycles. The molecule has 4 nitrogen and oxygen atoms in total. The summed E-state index contributed by atoms with van der Waals surface area (Å²) in [6.45, 7) is -0.0694. The third-order valence-corrected chi connectivity index (χ3v) is 3.30. The molecule has 110 valence electrons. The van der Waals surface area contributed by atoms with Crippen molar-refractivity contribution in [2.45, 2.75) is 24.9 Å². The Kier molecular flexibility index (Phi) is 7.13. The normalized spacial score (nSPS) is 20.3. The quantitative estimate of drug-likeness (QED) is 0.919. The maximum Gasteiger partial charge on any atom is 0.262 e. The molecular formula is C10H15Cl2F2N3OS. The van der Waals surface area contributed by atoms with Crippen LogP contribution < -0.4 is 5.32 Å². The summed E-state index contributed by atoms with van der Waals surface area (Å²) < 4.78 is 25.9. The molecule has 19 heavy (non-hydrogen) atoms. The molecule has 0 aliphatic carbocycles. The van der Waals surface area contributed by atoms with E-state index in [1.165, 1.54) is 16.2 Å². The summed E-state index contributed by atoms with van der Waals surface area (Å²) >= 11 is 1.44. The Morgan fingerprint density at radius 3 is 2.79 bits per heavy atom. The molecule has 1 saturated heterocycles. The van der Waals surface area contributed by atoms with Crippen molar-refractivity contribution in [3.05, 3.63) is 16.6 Å². The summed E-state index contributed by atoms with van der Waals surface area (Å²) in [6, 6.07) is -0.784. The lowest BCUT2D eigenvalue weighted by Crippen LogP contribution is -2.41. The number of thiazole rings is 1.